The van der Waals surface area contributed by atoms with Crippen molar-refractivity contribution in [1.29, 1.82) is 0 Å². The molecule has 2 heterocycles. The molecule has 9 aromatic rings. The van der Waals surface area contributed by atoms with Crippen molar-refractivity contribution in [1.82, 2.24) is 0 Å². The van der Waals surface area contributed by atoms with Gasteiger partial charge in [0.2, 0.25) is 5.69 Å². The molecular weight excluding hydrogens is 889 g/mol. The van der Waals surface area contributed by atoms with Crippen molar-refractivity contribution in [3.05, 3.63) is 317 Å². The Balaban J connectivity index is 0.983. The fourth-order valence-electron chi connectivity index (χ4n) is 11.7. The second-order valence-corrected chi connectivity index (χ2v) is 20.5. The molecule has 2 aliphatic heterocycles. The van der Waals surface area contributed by atoms with Gasteiger partial charge in [0.15, 0.2) is 5.71 Å². The number of rotatable bonds is 15. The molecule has 3 heteroatoms. The van der Waals surface area contributed by atoms with Gasteiger partial charge in [-0.3, -0.25) is 0 Å². The first-order valence-electron chi connectivity index (χ1n) is 25.2. The van der Waals surface area contributed by atoms with E-state index in [0.717, 1.165) is 30.6 Å². The molecule has 11 rings (SSSR count). The molecule has 0 unspecified atom stereocenters. The fraction of sp³-hybridized carbons (Fsp3) is 0.116. The summed E-state index contributed by atoms with van der Waals surface area (Å²) < 4.78 is 2.44. The van der Waals surface area contributed by atoms with Crippen LogP contribution >= 0.6 is 11.8 Å². The van der Waals surface area contributed by atoms with E-state index >= 15 is 0 Å². The monoisotopic (exact) mass is 947 g/mol. The SMILES string of the molecule is CN1/C(=C/C=C/C=C(/C=C/C=C/C2=[N+](C)c3ccc4ccccc4c3C2(Cc2ccccc2)Cc2ccccc2)Sc2ccccc2)C(Cc2ccccc2)(Cc2ccccc2)c2c1ccc1ccccc21. The second kappa shape index (κ2) is 20.8. The number of likely N-dealkylation sites (N-methyl/N-ethyl adjacent to an activating group) is 1. The summed E-state index contributed by atoms with van der Waals surface area (Å²) in [5.74, 6) is 0. The van der Waals surface area contributed by atoms with Crippen molar-refractivity contribution in [2.45, 2.75) is 41.4 Å². The van der Waals surface area contributed by atoms with Crippen molar-refractivity contribution in [2.75, 3.05) is 19.0 Å². The van der Waals surface area contributed by atoms with E-state index in [0.29, 0.717) is 0 Å². The third kappa shape index (κ3) is 9.25. The number of benzene rings is 9. The van der Waals surface area contributed by atoms with Crippen molar-refractivity contribution in [2.24, 2.45) is 0 Å². The van der Waals surface area contributed by atoms with Gasteiger partial charge in [-0.05, 0) is 118 Å². The van der Waals surface area contributed by atoms with Crippen molar-refractivity contribution >= 4 is 50.4 Å². The summed E-state index contributed by atoms with van der Waals surface area (Å²) in [5.41, 5.74) is 12.6. The van der Waals surface area contributed by atoms with E-state index in [1.165, 1.54) is 82.6 Å². The largest absolute Gasteiger partial charge is 0.347 e. The van der Waals surface area contributed by atoms with Gasteiger partial charge in [-0.1, -0.05) is 230 Å². The molecular formula is C69H59N2S+. The summed E-state index contributed by atoms with van der Waals surface area (Å²) in [6.07, 6.45) is 21.7. The maximum Gasteiger partial charge on any atom is 0.210 e. The Hall–Kier alpha value is -7.98. The van der Waals surface area contributed by atoms with Gasteiger partial charge in [0, 0.05) is 51.4 Å². The van der Waals surface area contributed by atoms with Crippen LogP contribution in [-0.4, -0.2) is 24.4 Å². The number of fused-ring (bicyclic) bond motifs is 6. The predicted molar refractivity (Wildman–Crippen MR) is 307 cm³/mol. The van der Waals surface area contributed by atoms with Gasteiger partial charge >= 0.3 is 0 Å². The summed E-state index contributed by atoms with van der Waals surface area (Å²) in [4.78, 5) is 4.79. The maximum absolute atomic E-state index is 2.44. The Morgan fingerprint density at radius 3 is 1.50 bits per heavy atom. The lowest BCUT2D eigenvalue weighted by molar-refractivity contribution is -0.401. The van der Waals surface area contributed by atoms with Crippen LogP contribution < -0.4 is 4.90 Å². The van der Waals surface area contributed by atoms with Crippen LogP contribution in [-0.2, 0) is 36.5 Å². The first-order chi connectivity index (χ1) is 35.5. The molecule has 2 nitrogen and oxygen atoms in total. The van der Waals surface area contributed by atoms with Crippen LogP contribution in [0.25, 0.3) is 21.5 Å². The molecule has 0 radical (unpaired) electrons. The van der Waals surface area contributed by atoms with E-state index in [1.807, 2.05) is 0 Å². The Kier molecular flexibility index (Phi) is 13.4. The zero-order valence-electron chi connectivity index (χ0n) is 41.1. The summed E-state index contributed by atoms with van der Waals surface area (Å²) in [7, 11) is 4.50. The number of allylic oxidation sites excluding steroid dienone is 9. The average Bonchev–Trinajstić information content (AvgIpc) is 3.79. The molecule has 0 bridgehead atoms. The topological polar surface area (TPSA) is 6.25 Å². The fourth-order valence-corrected chi connectivity index (χ4v) is 12.6. The van der Waals surface area contributed by atoms with Gasteiger partial charge in [0.05, 0.1) is 5.41 Å². The lowest BCUT2D eigenvalue weighted by Gasteiger charge is -2.34. The first-order valence-corrected chi connectivity index (χ1v) is 26.0. The minimum Gasteiger partial charge on any atom is -0.347 e. The lowest BCUT2D eigenvalue weighted by Crippen LogP contribution is -2.39. The molecule has 0 saturated carbocycles. The summed E-state index contributed by atoms with van der Waals surface area (Å²) in [6.45, 7) is 0. The van der Waals surface area contributed by atoms with Gasteiger partial charge in [0.25, 0.3) is 0 Å². The van der Waals surface area contributed by atoms with Crippen molar-refractivity contribution in [3.8, 4) is 0 Å². The molecule has 0 N–H and O–H groups in total. The van der Waals surface area contributed by atoms with E-state index < -0.39 is 0 Å². The van der Waals surface area contributed by atoms with Crippen LogP contribution in [0.3, 0.4) is 0 Å². The third-order valence-corrected chi connectivity index (χ3v) is 15.8. The Bertz CT molecular complexity index is 3470. The highest BCUT2D eigenvalue weighted by Gasteiger charge is 2.51. The Labute approximate surface area is 430 Å². The normalized spacial score (nSPS) is 15.7. The molecule has 9 aromatic carbocycles. The summed E-state index contributed by atoms with van der Waals surface area (Å²) >= 11 is 1.79. The Morgan fingerprint density at radius 2 is 0.944 bits per heavy atom. The van der Waals surface area contributed by atoms with Crippen molar-refractivity contribution in [3.63, 3.8) is 0 Å². The van der Waals surface area contributed by atoms with Gasteiger partial charge in [-0.15, -0.1) is 0 Å². The third-order valence-electron chi connectivity index (χ3n) is 14.8. The van der Waals surface area contributed by atoms with E-state index in [1.54, 1.807) is 11.8 Å². The molecule has 0 aromatic heterocycles. The quantitative estimate of drug-likeness (QED) is 0.0574. The lowest BCUT2D eigenvalue weighted by atomic mass is 9.68. The van der Waals surface area contributed by atoms with Crippen LogP contribution in [0, 0.1) is 0 Å². The highest BCUT2D eigenvalue weighted by molar-refractivity contribution is 8.03. The van der Waals surface area contributed by atoms with Gasteiger partial charge in [-0.2, -0.15) is 4.58 Å². The van der Waals surface area contributed by atoms with Crippen LogP contribution in [0.2, 0.25) is 0 Å². The first kappa shape index (κ1) is 46.4. The second-order valence-electron chi connectivity index (χ2n) is 19.3. The molecule has 0 saturated heterocycles. The minimum absolute atomic E-state index is 0.318. The van der Waals surface area contributed by atoms with Crippen LogP contribution in [0.1, 0.15) is 33.4 Å². The molecule has 2 aliphatic rings. The van der Waals surface area contributed by atoms with Crippen LogP contribution in [0.5, 0.6) is 0 Å². The van der Waals surface area contributed by atoms with Crippen molar-refractivity contribution < 1.29 is 4.58 Å². The smallest absolute Gasteiger partial charge is 0.210 e. The van der Waals surface area contributed by atoms with Gasteiger partial charge in [0.1, 0.15) is 7.05 Å². The number of thioether (sulfide) groups is 1. The maximum atomic E-state index is 2.44. The highest BCUT2D eigenvalue weighted by atomic mass is 32.2. The van der Waals surface area contributed by atoms with E-state index in [4.69, 9.17) is 0 Å². The van der Waals surface area contributed by atoms with Gasteiger partial charge in [-0.25, -0.2) is 0 Å². The zero-order chi connectivity index (χ0) is 48.7. The van der Waals surface area contributed by atoms with Gasteiger partial charge < -0.3 is 4.90 Å². The van der Waals surface area contributed by atoms with E-state index in [9.17, 15) is 0 Å². The molecule has 0 amide bonds. The number of anilines is 1. The molecule has 0 aliphatic carbocycles. The summed E-state index contributed by atoms with van der Waals surface area (Å²) in [5, 5.41) is 5.18. The van der Waals surface area contributed by atoms with Crippen LogP contribution in [0.4, 0.5) is 11.4 Å². The van der Waals surface area contributed by atoms with Crippen LogP contribution in [0.15, 0.2) is 289 Å². The molecule has 72 heavy (non-hydrogen) atoms. The highest BCUT2D eigenvalue weighted by Crippen LogP contribution is 2.54. The number of nitrogens with zero attached hydrogens (tertiary/aromatic N) is 2. The van der Waals surface area contributed by atoms with E-state index in [2.05, 4.69) is 297 Å². The Morgan fingerprint density at radius 1 is 0.472 bits per heavy atom. The molecule has 0 fully saturated rings. The minimum atomic E-state index is -0.318. The predicted octanol–water partition coefficient (Wildman–Crippen LogP) is 16.5. The molecule has 0 spiro atoms. The average molecular weight is 948 g/mol. The van der Waals surface area contributed by atoms with E-state index in [-0.39, 0.29) is 10.8 Å². The summed E-state index contributed by atoms with van der Waals surface area (Å²) in [6, 6.07) is 82.0. The molecule has 0 atom stereocenters. The molecule has 350 valence electrons. The number of hydrogen-bond acceptors (Lipinski definition) is 2. The standard InChI is InChI=1S/C69H59N2S/c1-70-62-46-44-56-34-18-22-40-60(56)66(62)68(48-52-26-8-3-9-27-52,49-53-28-10-4-11-29-53)64(70)42-24-20-38-59(72-58-36-16-7-17-37-58)39-21-25-43-65-69(50-54-30-12-5-13-31-54,51-55-32-14-6-15-33-55)67-61-41-23-19-35-57(61)45-47-63(67)71(65)2/h3-47H,48-51H2,1-2H3/q+1. The zero-order valence-corrected chi connectivity index (χ0v) is 41.9. The number of hydrogen-bond donors (Lipinski definition) is 0.